The topological polar surface area (TPSA) is 0 Å². The highest BCUT2D eigenvalue weighted by molar-refractivity contribution is 4.93. The third-order valence-corrected chi connectivity index (χ3v) is 5.13. The van der Waals surface area contributed by atoms with Gasteiger partial charge in [-0.25, -0.2) is 0 Å². The van der Waals surface area contributed by atoms with Crippen molar-refractivity contribution in [3.63, 3.8) is 0 Å². The molecule has 0 amide bonds. The number of hydrogen-bond acceptors (Lipinski definition) is 0. The third kappa shape index (κ3) is 2.98. The maximum Gasteiger partial charge on any atom is -0.0295 e. The molecular weight excluding hydrogens is 180 g/mol. The number of hydrogen-bond donors (Lipinski definition) is 0. The van der Waals surface area contributed by atoms with Gasteiger partial charge in [-0.3, -0.25) is 0 Å². The molecule has 0 radical (unpaired) electrons. The zero-order chi connectivity index (χ0) is 11.5. The lowest BCUT2D eigenvalue weighted by molar-refractivity contribution is 0.00304. The van der Waals surface area contributed by atoms with Crippen LogP contribution in [0.2, 0.25) is 0 Å². The average Bonchev–Trinajstić information content (AvgIpc) is 2.21. The Morgan fingerprint density at radius 1 is 1.07 bits per heavy atom. The van der Waals surface area contributed by atoms with E-state index in [1.165, 1.54) is 38.5 Å². The molecule has 0 spiro atoms. The van der Waals surface area contributed by atoms with Crippen LogP contribution in [0.15, 0.2) is 0 Å². The van der Waals surface area contributed by atoms with Gasteiger partial charge in [-0.1, -0.05) is 53.9 Å². The molecule has 1 unspecified atom stereocenters. The largest absolute Gasteiger partial charge is 0.0651 e. The highest BCUT2D eigenvalue weighted by Gasteiger charge is 2.43. The van der Waals surface area contributed by atoms with Crippen LogP contribution in [0.25, 0.3) is 0 Å². The van der Waals surface area contributed by atoms with Gasteiger partial charge in [-0.15, -0.1) is 0 Å². The van der Waals surface area contributed by atoms with Crippen LogP contribution < -0.4 is 0 Å². The minimum absolute atomic E-state index is 0.686. The van der Waals surface area contributed by atoms with E-state index in [9.17, 15) is 0 Å². The van der Waals surface area contributed by atoms with Gasteiger partial charge in [0.15, 0.2) is 0 Å². The van der Waals surface area contributed by atoms with Gasteiger partial charge in [0.1, 0.15) is 0 Å². The van der Waals surface area contributed by atoms with Gasteiger partial charge in [0.25, 0.3) is 0 Å². The summed E-state index contributed by atoms with van der Waals surface area (Å²) < 4.78 is 0. The van der Waals surface area contributed by atoms with Gasteiger partial charge in [-0.2, -0.15) is 0 Å². The van der Waals surface area contributed by atoms with Gasteiger partial charge < -0.3 is 0 Å². The molecule has 0 aromatic heterocycles. The lowest BCUT2D eigenvalue weighted by Crippen LogP contribution is -2.40. The first kappa shape index (κ1) is 13.1. The maximum atomic E-state index is 2.50. The smallest absolute Gasteiger partial charge is 0.0295 e. The molecule has 0 saturated heterocycles. The summed E-state index contributed by atoms with van der Waals surface area (Å²) in [6, 6.07) is 0. The van der Waals surface area contributed by atoms with Crippen molar-refractivity contribution >= 4 is 0 Å². The molecule has 0 bridgehead atoms. The van der Waals surface area contributed by atoms with E-state index in [-0.39, 0.29) is 0 Å². The monoisotopic (exact) mass is 210 g/mol. The quantitative estimate of drug-likeness (QED) is 0.560. The van der Waals surface area contributed by atoms with Crippen molar-refractivity contribution in [1.82, 2.24) is 0 Å². The second-order valence-electron chi connectivity index (χ2n) is 6.16. The number of rotatable bonds is 6. The van der Waals surface area contributed by atoms with Crippen LogP contribution in [0.1, 0.15) is 73.1 Å². The Hall–Kier alpha value is 0. The van der Waals surface area contributed by atoms with Crippen molar-refractivity contribution in [2.24, 2.45) is 23.2 Å². The summed E-state index contributed by atoms with van der Waals surface area (Å²) in [6.45, 7) is 12.0. The predicted octanol–water partition coefficient (Wildman–Crippen LogP) is 5.28. The van der Waals surface area contributed by atoms with Crippen LogP contribution in [-0.4, -0.2) is 0 Å². The van der Waals surface area contributed by atoms with E-state index in [4.69, 9.17) is 0 Å². The third-order valence-electron chi connectivity index (χ3n) is 5.13. The first-order chi connectivity index (χ1) is 7.05. The summed E-state index contributed by atoms with van der Waals surface area (Å²) in [6.07, 6.45) is 8.62. The molecular formula is C15H30. The Labute approximate surface area is 96.8 Å². The molecule has 15 heavy (non-hydrogen) atoms. The van der Waals surface area contributed by atoms with E-state index in [1.54, 1.807) is 0 Å². The molecule has 1 rings (SSSR count). The maximum absolute atomic E-state index is 2.50. The summed E-state index contributed by atoms with van der Waals surface area (Å²) in [4.78, 5) is 0. The van der Waals surface area contributed by atoms with Crippen molar-refractivity contribution in [2.75, 3.05) is 0 Å². The Morgan fingerprint density at radius 2 is 1.60 bits per heavy atom. The molecule has 1 atom stereocenters. The van der Waals surface area contributed by atoms with E-state index in [0.29, 0.717) is 5.41 Å². The normalized spacial score (nSPS) is 32.8. The molecule has 0 N–H and O–H groups in total. The zero-order valence-electron chi connectivity index (χ0n) is 11.5. The summed E-state index contributed by atoms with van der Waals surface area (Å²) in [5.41, 5.74) is 0.686. The molecule has 0 aromatic carbocycles. The molecule has 0 aliphatic heterocycles. The average molecular weight is 210 g/mol. The van der Waals surface area contributed by atoms with Crippen LogP contribution in [0.3, 0.4) is 0 Å². The Bertz CT molecular complexity index is 172. The molecule has 1 saturated carbocycles. The summed E-state index contributed by atoms with van der Waals surface area (Å²) in [5, 5.41) is 0. The standard InChI is InChI=1S/C15H30/c1-6-12(4)15(5)10-14(11-15)9-13(7-2)8-3/h12-14H,6-11H2,1-5H3. The Balaban J connectivity index is 2.30. The summed E-state index contributed by atoms with van der Waals surface area (Å²) in [7, 11) is 0. The fourth-order valence-electron chi connectivity index (χ4n) is 3.41. The van der Waals surface area contributed by atoms with Crippen molar-refractivity contribution < 1.29 is 0 Å². The lowest BCUT2D eigenvalue weighted by atomic mass is 9.55. The predicted molar refractivity (Wildman–Crippen MR) is 69.0 cm³/mol. The SMILES string of the molecule is CCC(CC)CC1CC(C)(C(C)CC)C1. The van der Waals surface area contributed by atoms with Gasteiger partial charge >= 0.3 is 0 Å². The van der Waals surface area contributed by atoms with Crippen LogP contribution >= 0.6 is 0 Å². The van der Waals surface area contributed by atoms with E-state index in [2.05, 4.69) is 34.6 Å². The molecule has 0 heterocycles. The molecule has 1 aliphatic rings. The van der Waals surface area contributed by atoms with Crippen molar-refractivity contribution in [3.05, 3.63) is 0 Å². The van der Waals surface area contributed by atoms with Crippen molar-refractivity contribution in [2.45, 2.75) is 73.1 Å². The van der Waals surface area contributed by atoms with Crippen molar-refractivity contribution in [1.29, 1.82) is 0 Å². The highest BCUT2D eigenvalue weighted by Crippen LogP contribution is 2.53. The molecule has 1 fully saturated rings. The molecule has 90 valence electrons. The molecule has 1 aliphatic carbocycles. The Morgan fingerprint density at radius 3 is 2.00 bits per heavy atom. The molecule has 0 heteroatoms. The van der Waals surface area contributed by atoms with E-state index in [1.807, 2.05) is 0 Å². The first-order valence-electron chi connectivity index (χ1n) is 7.05. The highest BCUT2D eigenvalue weighted by atomic mass is 14.5. The minimum Gasteiger partial charge on any atom is -0.0651 e. The lowest BCUT2D eigenvalue weighted by Gasteiger charge is -2.50. The van der Waals surface area contributed by atoms with E-state index >= 15 is 0 Å². The van der Waals surface area contributed by atoms with Crippen LogP contribution in [-0.2, 0) is 0 Å². The zero-order valence-corrected chi connectivity index (χ0v) is 11.5. The first-order valence-corrected chi connectivity index (χ1v) is 7.05. The van der Waals surface area contributed by atoms with Crippen LogP contribution in [0, 0.1) is 23.2 Å². The molecule has 0 nitrogen and oxygen atoms in total. The van der Waals surface area contributed by atoms with E-state index < -0.39 is 0 Å². The second-order valence-corrected chi connectivity index (χ2v) is 6.16. The van der Waals surface area contributed by atoms with Crippen molar-refractivity contribution in [3.8, 4) is 0 Å². The summed E-state index contributed by atoms with van der Waals surface area (Å²) in [5.74, 6) is 2.97. The van der Waals surface area contributed by atoms with Crippen LogP contribution in [0.4, 0.5) is 0 Å². The van der Waals surface area contributed by atoms with Gasteiger partial charge in [0, 0.05) is 0 Å². The van der Waals surface area contributed by atoms with Gasteiger partial charge in [0.2, 0.25) is 0 Å². The van der Waals surface area contributed by atoms with E-state index in [0.717, 1.165) is 17.8 Å². The fraction of sp³-hybridized carbons (Fsp3) is 1.00. The Kier molecular flexibility index (Phi) is 4.67. The minimum atomic E-state index is 0.686. The van der Waals surface area contributed by atoms with Crippen LogP contribution in [0.5, 0.6) is 0 Å². The summed E-state index contributed by atoms with van der Waals surface area (Å²) >= 11 is 0. The van der Waals surface area contributed by atoms with Gasteiger partial charge in [0.05, 0.1) is 0 Å². The van der Waals surface area contributed by atoms with Gasteiger partial charge in [-0.05, 0) is 42.4 Å². The fourth-order valence-corrected chi connectivity index (χ4v) is 3.41. The second kappa shape index (κ2) is 5.37. The molecule has 0 aromatic rings.